The molecule has 0 aromatic heterocycles. The SMILES string of the molecule is CN[C@@H]1Cc2c(cccc2CO)C#C[C@@]23CC[C@H](Cc4cccc(c4)Cc4cccc(c4)[C@@H]4CC[C@@H]5[C@H]6CC[C@@]57C[C@]5(C=O)[C@H]8[C@@H](C#CC[C@@H]64)C[C@]4(C2)[C@H]2C6=CC(=O)O[C@H]6[C@H]1C[C@H]2C[C@]4(O)[C@]8(O)[C@@H](O)[C@@H]1C[C@H]2[C@@H](C4CCCC4)CC=C[C@H]2C[C@H]([C@H]7O)[C@@]15O)C3. The molecule has 10 fully saturated rings. The summed E-state index contributed by atoms with van der Waals surface area (Å²) in [4.78, 5) is 30.7. The van der Waals surface area contributed by atoms with Crippen LogP contribution in [0, 0.1) is 134 Å². The number of fused-ring (bicyclic) bond motifs is 10. The van der Waals surface area contributed by atoms with Crippen molar-refractivity contribution >= 4 is 12.3 Å². The van der Waals surface area contributed by atoms with Crippen molar-refractivity contribution in [2.24, 2.45) is 110 Å². The summed E-state index contributed by atoms with van der Waals surface area (Å²) in [6, 6.07) is 24.3. The molecule has 10 saturated carbocycles. The summed E-state index contributed by atoms with van der Waals surface area (Å²) < 4.78 is 6.67. The van der Waals surface area contributed by atoms with Gasteiger partial charge in [0.15, 0.2) is 0 Å². The van der Waals surface area contributed by atoms with E-state index in [1.807, 2.05) is 19.2 Å². The number of ether oxygens (including phenoxy) is 1. The van der Waals surface area contributed by atoms with Gasteiger partial charge in [-0.3, -0.25) is 0 Å². The Labute approximate surface area is 531 Å². The fraction of sp³-hybridized carbons (Fsp3) is 0.650. The van der Waals surface area contributed by atoms with Crippen LogP contribution in [-0.4, -0.2) is 91.1 Å². The first-order valence-corrected chi connectivity index (χ1v) is 35.8. The molecule has 19 rings (SSSR count). The van der Waals surface area contributed by atoms with E-state index in [-0.39, 0.29) is 91.1 Å². The number of benzene rings is 3. The molecule has 90 heavy (non-hydrogen) atoms. The number of aliphatic hydroxyl groups excluding tert-OH is 3. The van der Waals surface area contributed by atoms with Gasteiger partial charge in [0.1, 0.15) is 23.6 Å². The highest BCUT2D eigenvalue weighted by Gasteiger charge is 2.89. The van der Waals surface area contributed by atoms with Gasteiger partial charge in [0.2, 0.25) is 0 Å². The molecule has 0 unspecified atom stereocenters. The Bertz CT molecular complexity index is 3670. The minimum atomic E-state index is -2.41. The van der Waals surface area contributed by atoms with Gasteiger partial charge in [-0.1, -0.05) is 116 Å². The fourth-order valence-electron chi connectivity index (χ4n) is 27.5. The highest BCUT2D eigenvalue weighted by Crippen LogP contribution is 2.82. The Morgan fingerprint density at radius 3 is 2.40 bits per heavy atom. The molecule has 26 atom stereocenters. The lowest BCUT2D eigenvalue weighted by molar-refractivity contribution is -0.392. The third-order valence-corrected chi connectivity index (χ3v) is 30.3. The summed E-state index contributed by atoms with van der Waals surface area (Å²) in [6.45, 7) is -0.153. The molecule has 10 nitrogen and oxygen atoms in total. The summed E-state index contributed by atoms with van der Waals surface area (Å²) in [5.41, 5.74) is -2.37. The first-order chi connectivity index (χ1) is 43.6. The average molecular weight is 1210 g/mol. The van der Waals surface area contributed by atoms with Gasteiger partial charge in [0.05, 0.1) is 29.8 Å². The molecular weight excluding hydrogens is 1120 g/mol. The van der Waals surface area contributed by atoms with Crippen LogP contribution >= 0.6 is 0 Å². The van der Waals surface area contributed by atoms with Gasteiger partial charge in [-0.2, -0.15) is 0 Å². The van der Waals surface area contributed by atoms with Crippen LogP contribution in [0.2, 0.25) is 0 Å². The van der Waals surface area contributed by atoms with Crippen LogP contribution in [0.1, 0.15) is 173 Å². The number of allylic oxidation sites excluding steroid dienone is 2. The Kier molecular flexibility index (Phi) is 13.0. The molecule has 0 amide bonds. The molecule has 3 aromatic rings. The van der Waals surface area contributed by atoms with Gasteiger partial charge >= 0.3 is 5.97 Å². The van der Waals surface area contributed by atoms with Crippen molar-refractivity contribution in [2.75, 3.05) is 7.05 Å². The number of esters is 1. The molecule has 3 spiro atoms. The van der Waals surface area contributed by atoms with Crippen molar-refractivity contribution in [3.63, 3.8) is 0 Å². The second kappa shape index (κ2) is 20.3. The first kappa shape index (κ1) is 57.8. The maximum absolute atomic E-state index is 16.2. The number of hydrogen-bond donors (Lipinski definition) is 7. The van der Waals surface area contributed by atoms with Crippen LogP contribution in [0.5, 0.6) is 0 Å². The molecule has 1 aliphatic heterocycles. The highest BCUT2D eigenvalue weighted by atomic mass is 16.5. The Hall–Kier alpha value is -4.88. The molecule has 1 heterocycles. The summed E-state index contributed by atoms with van der Waals surface area (Å²) in [6.07, 6.45) is 20.3. The van der Waals surface area contributed by atoms with Gasteiger partial charge in [-0.25, -0.2) is 4.79 Å². The van der Waals surface area contributed by atoms with E-state index in [0.29, 0.717) is 57.3 Å². The van der Waals surface area contributed by atoms with Gasteiger partial charge in [-0.05, 0) is 233 Å². The standard InChI is InChI=1S/C80H93NO9/c1-81-67-36-60-50(14-6-18-54(60)41-82)24-27-74-26-23-48(38-74)31-46-10-4-9-45(29-46)30-47-11-5-15-51(32-47)57-21-22-64-59-25-28-75(64)43-77(44-83)71-53(17-8-20-58(57)59)39-76(42-74)69-55(33-62(67)70-63(69)37-68(84)90-70)40-78(76,87)80(71,89)73(86)66-35-61-52(34-65(72(75)85)79(66,77)88)16-7-19-56(61)49-12-2-3-13-49/h4-7,9-11,14-16,18,29,32,37,44,48-49,52-53,55-59,61-62,64-67,69-73,81-82,85-89H,2-3,12-13,19-23,25-26,28,30-31,33-36,38-43H2,1H3/t48-,52+,53+,55+,56-,57+,58-,59+,61-,62+,64-,65-,66+,67-,69-,70+,71-,72-,73+,74-,75-,76+,77+,78-,79-,80-/m1/s1. The number of carbonyl (C=O) groups is 2. The lowest BCUT2D eigenvalue weighted by Gasteiger charge is -2.76. The van der Waals surface area contributed by atoms with Gasteiger partial charge in [-0.15, -0.1) is 5.92 Å². The third kappa shape index (κ3) is 7.57. The maximum atomic E-state index is 16.2. The zero-order chi connectivity index (χ0) is 61.1. The van der Waals surface area contributed by atoms with E-state index >= 15 is 20.1 Å². The highest BCUT2D eigenvalue weighted by molar-refractivity contribution is 5.86. The van der Waals surface area contributed by atoms with Crippen molar-refractivity contribution in [3.8, 4) is 23.7 Å². The smallest absolute Gasteiger partial charge is 0.331 e. The summed E-state index contributed by atoms with van der Waals surface area (Å²) in [5.74, 6) is 12.1. The minimum absolute atomic E-state index is 0.0159. The Balaban J connectivity index is 0.926. The number of hydrogen-bond acceptors (Lipinski definition) is 10. The molecule has 0 saturated heterocycles. The predicted molar refractivity (Wildman–Crippen MR) is 340 cm³/mol. The Morgan fingerprint density at radius 1 is 0.756 bits per heavy atom. The van der Waals surface area contributed by atoms with Crippen molar-refractivity contribution < 1.29 is 45.0 Å². The van der Waals surface area contributed by atoms with Crippen molar-refractivity contribution in [1.82, 2.24) is 5.32 Å². The molecule has 0 radical (unpaired) electrons. The molecule has 15 aliphatic carbocycles. The summed E-state index contributed by atoms with van der Waals surface area (Å²) >= 11 is 0. The molecule has 7 N–H and O–H groups in total. The minimum Gasteiger partial charge on any atom is -0.454 e. The number of aldehydes is 1. The zero-order valence-corrected chi connectivity index (χ0v) is 52.6. The number of nitrogens with one attached hydrogen (secondary N) is 1. The topological polar surface area (TPSA) is 177 Å². The van der Waals surface area contributed by atoms with Crippen LogP contribution in [0.3, 0.4) is 0 Å². The molecule has 16 aliphatic rings. The van der Waals surface area contributed by atoms with Crippen LogP contribution in [0.15, 0.2) is 90.5 Å². The number of likely N-dealkylation sites (N-methyl/N-ethyl adjacent to an activating group) is 1. The summed E-state index contributed by atoms with van der Waals surface area (Å²) in [5, 5.41) is 90.9. The van der Waals surface area contributed by atoms with E-state index in [9.17, 15) is 20.1 Å². The number of rotatable bonds is 4. The second-order valence-corrected chi connectivity index (χ2v) is 33.3. The van der Waals surface area contributed by atoms with E-state index in [1.54, 1.807) is 6.08 Å². The molecule has 16 bridgehead atoms. The van der Waals surface area contributed by atoms with Crippen molar-refractivity contribution in [3.05, 3.63) is 129 Å². The second-order valence-electron chi connectivity index (χ2n) is 33.3. The van der Waals surface area contributed by atoms with Crippen molar-refractivity contribution in [2.45, 2.75) is 201 Å². The zero-order valence-electron chi connectivity index (χ0n) is 52.6. The van der Waals surface area contributed by atoms with E-state index < -0.39 is 92.3 Å². The number of aliphatic hydroxyl groups is 6. The van der Waals surface area contributed by atoms with E-state index in [4.69, 9.17) is 4.74 Å². The van der Waals surface area contributed by atoms with Crippen LogP contribution < -0.4 is 5.32 Å². The van der Waals surface area contributed by atoms with E-state index in [0.717, 1.165) is 92.8 Å². The molecular formula is C80H93NO9. The van der Waals surface area contributed by atoms with Crippen LogP contribution in [-0.2, 0) is 40.2 Å². The first-order valence-electron chi connectivity index (χ1n) is 35.8. The molecule has 472 valence electrons. The number of carbonyl (C=O) groups excluding carboxylic acids is 2. The van der Waals surface area contributed by atoms with Crippen LogP contribution in [0.4, 0.5) is 0 Å². The van der Waals surface area contributed by atoms with Gasteiger partial charge in [0.25, 0.3) is 0 Å². The van der Waals surface area contributed by atoms with Crippen LogP contribution in [0.25, 0.3) is 0 Å². The summed E-state index contributed by atoms with van der Waals surface area (Å²) in [7, 11) is 1.96. The van der Waals surface area contributed by atoms with E-state index in [2.05, 4.69) is 95.7 Å². The fourth-order valence-corrected chi connectivity index (χ4v) is 27.5. The largest absolute Gasteiger partial charge is 0.454 e. The average Bonchev–Trinajstić information content (AvgIpc) is 1.20. The molecule has 3 aromatic carbocycles. The third-order valence-electron chi connectivity index (χ3n) is 30.3. The lowest BCUT2D eigenvalue weighted by atomic mass is 9.30. The quantitative estimate of drug-likeness (QED) is 0.0576. The van der Waals surface area contributed by atoms with E-state index in [1.165, 1.54) is 35.1 Å². The monoisotopic (exact) mass is 1210 g/mol. The Morgan fingerprint density at radius 2 is 1.57 bits per heavy atom. The van der Waals surface area contributed by atoms with Gasteiger partial charge < -0.3 is 45.5 Å². The normalized spacial score (nSPS) is 49.3. The maximum Gasteiger partial charge on any atom is 0.331 e. The molecule has 10 heteroatoms. The van der Waals surface area contributed by atoms with Crippen molar-refractivity contribution in [1.29, 1.82) is 0 Å². The van der Waals surface area contributed by atoms with Gasteiger partial charge in [0, 0.05) is 69.9 Å². The predicted octanol–water partition coefficient (Wildman–Crippen LogP) is 10.3. The lowest BCUT2D eigenvalue weighted by Crippen LogP contribution is -2.88.